The number of nitrogens with zero attached hydrogens (tertiary/aromatic N) is 3. The molecular formula is C14H22N4. The summed E-state index contributed by atoms with van der Waals surface area (Å²) in [6.07, 6.45) is 3.49. The molecule has 2 aromatic rings. The number of nitrogen functional groups attached to an aromatic ring is 1. The van der Waals surface area contributed by atoms with Crippen molar-refractivity contribution >= 4 is 16.9 Å². The molecule has 0 aliphatic heterocycles. The summed E-state index contributed by atoms with van der Waals surface area (Å²) in [5, 5.41) is 0. The minimum Gasteiger partial charge on any atom is -0.383 e. The van der Waals surface area contributed by atoms with Crippen molar-refractivity contribution in [3.8, 4) is 0 Å². The molecule has 0 aliphatic rings. The van der Waals surface area contributed by atoms with Crippen molar-refractivity contribution in [1.82, 2.24) is 15.0 Å². The van der Waals surface area contributed by atoms with Crippen LogP contribution in [0, 0.1) is 6.92 Å². The number of fused-ring (bicyclic) bond motifs is 1. The molecule has 0 amide bonds. The van der Waals surface area contributed by atoms with Gasteiger partial charge in [-0.3, -0.25) is 0 Å². The highest BCUT2D eigenvalue weighted by atomic mass is 14.9. The highest BCUT2D eigenvalue weighted by Crippen LogP contribution is 2.20. The molecule has 0 spiro atoms. The molecule has 0 fully saturated rings. The molecule has 0 atom stereocenters. The summed E-state index contributed by atoms with van der Waals surface area (Å²) >= 11 is 0. The minimum absolute atomic E-state index is 0.535. The maximum Gasteiger partial charge on any atom is 0.128 e. The summed E-state index contributed by atoms with van der Waals surface area (Å²) in [7, 11) is 0. The first-order valence-electron chi connectivity index (χ1n) is 6.57. The fourth-order valence-corrected chi connectivity index (χ4v) is 1.80. The Bertz CT molecular complexity index is 535. The molecular weight excluding hydrogens is 224 g/mol. The zero-order chi connectivity index (χ0) is 13.7. The zero-order valence-electron chi connectivity index (χ0n) is 11.9. The molecule has 0 aromatic carbocycles. The number of aryl methyl sites for hydroxylation is 3. The molecule has 0 radical (unpaired) electrons. The minimum atomic E-state index is 0.535. The standard InChI is InChI=1S/C12H16N4.C2H6/c1-4-8-9(5-2)16-11-7(3)12(13)14-6-10(11)15-8;1-2/h6H,4-5H2,1-3H3,(H2,13,14);1-2H3. The van der Waals surface area contributed by atoms with Crippen LogP contribution in [0.4, 0.5) is 5.82 Å². The van der Waals surface area contributed by atoms with Crippen molar-refractivity contribution in [3.05, 3.63) is 23.1 Å². The average molecular weight is 246 g/mol. The van der Waals surface area contributed by atoms with Crippen LogP contribution in [0.1, 0.15) is 44.6 Å². The van der Waals surface area contributed by atoms with Gasteiger partial charge in [0.2, 0.25) is 0 Å². The third kappa shape index (κ3) is 2.58. The van der Waals surface area contributed by atoms with E-state index in [9.17, 15) is 0 Å². The molecule has 2 N–H and O–H groups in total. The molecule has 0 unspecified atom stereocenters. The zero-order valence-corrected chi connectivity index (χ0v) is 11.9. The van der Waals surface area contributed by atoms with Gasteiger partial charge in [0, 0.05) is 5.56 Å². The van der Waals surface area contributed by atoms with Gasteiger partial charge in [0.1, 0.15) is 11.3 Å². The van der Waals surface area contributed by atoms with E-state index in [0.717, 1.165) is 40.8 Å². The third-order valence-corrected chi connectivity index (χ3v) is 2.81. The van der Waals surface area contributed by atoms with Crippen LogP contribution in [-0.4, -0.2) is 15.0 Å². The molecule has 18 heavy (non-hydrogen) atoms. The molecule has 2 rings (SSSR count). The van der Waals surface area contributed by atoms with Gasteiger partial charge in [-0.25, -0.2) is 15.0 Å². The Hall–Kier alpha value is -1.71. The van der Waals surface area contributed by atoms with Crippen molar-refractivity contribution in [2.24, 2.45) is 0 Å². The van der Waals surface area contributed by atoms with Crippen LogP contribution in [0.25, 0.3) is 11.0 Å². The molecule has 0 bridgehead atoms. The number of rotatable bonds is 2. The van der Waals surface area contributed by atoms with E-state index in [1.54, 1.807) is 6.20 Å². The van der Waals surface area contributed by atoms with Gasteiger partial charge < -0.3 is 5.73 Å². The maximum absolute atomic E-state index is 5.77. The van der Waals surface area contributed by atoms with E-state index in [-0.39, 0.29) is 0 Å². The Kier molecular flexibility index (Phi) is 5.01. The average Bonchev–Trinajstić information content (AvgIpc) is 2.44. The quantitative estimate of drug-likeness (QED) is 0.884. The van der Waals surface area contributed by atoms with Gasteiger partial charge in [-0.1, -0.05) is 27.7 Å². The third-order valence-electron chi connectivity index (χ3n) is 2.81. The van der Waals surface area contributed by atoms with Crippen LogP contribution in [0.3, 0.4) is 0 Å². The number of aromatic nitrogens is 3. The number of hydrogen-bond acceptors (Lipinski definition) is 4. The Morgan fingerprint density at radius 3 is 2.17 bits per heavy atom. The Morgan fingerprint density at radius 1 is 1.06 bits per heavy atom. The molecule has 0 saturated carbocycles. The predicted molar refractivity (Wildman–Crippen MR) is 76.6 cm³/mol. The molecule has 0 aliphatic carbocycles. The van der Waals surface area contributed by atoms with E-state index in [2.05, 4.69) is 28.8 Å². The summed E-state index contributed by atoms with van der Waals surface area (Å²) in [5.74, 6) is 0.535. The molecule has 2 heterocycles. The lowest BCUT2D eigenvalue weighted by Gasteiger charge is -2.08. The van der Waals surface area contributed by atoms with Crippen molar-refractivity contribution in [3.63, 3.8) is 0 Å². The molecule has 4 heteroatoms. The van der Waals surface area contributed by atoms with E-state index in [4.69, 9.17) is 5.73 Å². The Balaban J connectivity index is 0.000000771. The lowest BCUT2D eigenvalue weighted by Crippen LogP contribution is -2.03. The van der Waals surface area contributed by atoms with Gasteiger partial charge in [-0.05, 0) is 19.8 Å². The first-order chi connectivity index (χ1) is 8.67. The van der Waals surface area contributed by atoms with Crippen molar-refractivity contribution in [2.45, 2.75) is 47.5 Å². The number of pyridine rings is 1. The van der Waals surface area contributed by atoms with Crippen LogP contribution in [0.15, 0.2) is 6.20 Å². The summed E-state index contributed by atoms with van der Waals surface area (Å²) < 4.78 is 0. The second-order valence-corrected chi connectivity index (χ2v) is 3.83. The summed E-state index contributed by atoms with van der Waals surface area (Å²) in [4.78, 5) is 13.3. The number of nitrogens with two attached hydrogens (primary N) is 1. The first-order valence-corrected chi connectivity index (χ1v) is 6.57. The first kappa shape index (κ1) is 14.4. The smallest absolute Gasteiger partial charge is 0.128 e. The maximum atomic E-state index is 5.77. The van der Waals surface area contributed by atoms with Gasteiger partial charge in [0.15, 0.2) is 0 Å². The second kappa shape index (κ2) is 6.28. The fraction of sp³-hybridized carbons (Fsp3) is 0.500. The topological polar surface area (TPSA) is 64.7 Å². The molecule has 98 valence electrons. The lowest BCUT2D eigenvalue weighted by atomic mass is 10.1. The van der Waals surface area contributed by atoms with Gasteiger partial charge >= 0.3 is 0 Å². The monoisotopic (exact) mass is 246 g/mol. The highest BCUT2D eigenvalue weighted by molar-refractivity contribution is 5.80. The van der Waals surface area contributed by atoms with E-state index in [0.29, 0.717) is 5.82 Å². The van der Waals surface area contributed by atoms with Crippen LogP contribution in [0.5, 0.6) is 0 Å². The van der Waals surface area contributed by atoms with E-state index in [1.165, 1.54) is 0 Å². The van der Waals surface area contributed by atoms with Gasteiger partial charge in [0.25, 0.3) is 0 Å². The van der Waals surface area contributed by atoms with Crippen molar-refractivity contribution in [1.29, 1.82) is 0 Å². The van der Waals surface area contributed by atoms with E-state index in [1.807, 2.05) is 20.8 Å². The highest BCUT2D eigenvalue weighted by Gasteiger charge is 2.09. The summed E-state index contributed by atoms with van der Waals surface area (Å²) in [6.45, 7) is 10.1. The van der Waals surface area contributed by atoms with Crippen LogP contribution in [-0.2, 0) is 12.8 Å². The largest absolute Gasteiger partial charge is 0.383 e. The van der Waals surface area contributed by atoms with E-state index >= 15 is 0 Å². The summed E-state index contributed by atoms with van der Waals surface area (Å²) in [6, 6.07) is 0. The molecule has 4 nitrogen and oxygen atoms in total. The van der Waals surface area contributed by atoms with Crippen molar-refractivity contribution in [2.75, 3.05) is 5.73 Å². The Labute approximate surface area is 109 Å². The summed E-state index contributed by atoms with van der Waals surface area (Å²) in [5.41, 5.74) is 10.5. The normalized spacial score (nSPS) is 10.1. The van der Waals surface area contributed by atoms with Gasteiger partial charge in [-0.2, -0.15) is 0 Å². The van der Waals surface area contributed by atoms with Gasteiger partial charge in [-0.15, -0.1) is 0 Å². The lowest BCUT2D eigenvalue weighted by molar-refractivity contribution is 0.927. The van der Waals surface area contributed by atoms with Gasteiger partial charge in [0.05, 0.1) is 23.1 Å². The Morgan fingerprint density at radius 2 is 1.61 bits per heavy atom. The predicted octanol–water partition coefficient (Wildman–Crippen LogP) is 3.07. The SMILES string of the molecule is CC.CCc1nc2cnc(N)c(C)c2nc1CC. The van der Waals surface area contributed by atoms with Crippen LogP contribution in [0.2, 0.25) is 0 Å². The number of anilines is 1. The molecule has 2 aromatic heterocycles. The van der Waals surface area contributed by atoms with Crippen molar-refractivity contribution < 1.29 is 0 Å². The number of hydrogen-bond donors (Lipinski definition) is 1. The second-order valence-electron chi connectivity index (χ2n) is 3.83. The van der Waals surface area contributed by atoms with Crippen LogP contribution < -0.4 is 5.73 Å². The van der Waals surface area contributed by atoms with E-state index < -0.39 is 0 Å². The molecule has 0 saturated heterocycles. The fourth-order valence-electron chi connectivity index (χ4n) is 1.80. The van der Waals surface area contributed by atoms with Crippen LogP contribution >= 0.6 is 0 Å².